The van der Waals surface area contributed by atoms with Gasteiger partial charge in [-0.1, -0.05) is 30.3 Å². The monoisotopic (exact) mass is 573 g/mol. The van der Waals surface area contributed by atoms with Crippen LogP contribution in [0.15, 0.2) is 101 Å². The SMILES string of the molecule is COc1ccc(NC(=O)CSc2cccc(NC(=O)/C(=C/c3cccs3)NC(=O)c3ccccc3)c2)c(OC)c1. The number of carbonyl (C=O) groups is 3. The van der Waals surface area contributed by atoms with Crippen LogP contribution in [-0.2, 0) is 9.59 Å². The number of carbonyl (C=O) groups excluding carboxylic acids is 3. The lowest BCUT2D eigenvalue weighted by Crippen LogP contribution is -2.30. The fraction of sp³-hybridized carbons (Fsp3) is 0.100. The van der Waals surface area contributed by atoms with E-state index in [0.717, 1.165) is 9.77 Å². The Labute approximate surface area is 240 Å². The molecule has 0 unspecified atom stereocenters. The van der Waals surface area contributed by atoms with Crippen LogP contribution in [0.1, 0.15) is 15.2 Å². The van der Waals surface area contributed by atoms with Gasteiger partial charge in [0.25, 0.3) is 11.8 Å². The minimum Gasteiger partial charge on any atom is -0.497 e. The molecule has 0 saturated heterocycles. The Morgan fingerprint density at radius 3 is 2.42 bits per heavy atom. The van der Waals surface area contributed by atoms with Crippen molar-refractivity contribution >= 4 is 58.3 Å². The molecule has 10 heteroatoms. The van der Waals surface area contributed by atoms with Crippen molar-refractivity contribution in [2.75, 3.05) is 30.6 Å². The van der Waals surface area contributed by atoms with Gasteiger partial charge in [-0.15, -0.1) is 23.1 Å². The van der Waals surface area contributed by atoms with Crippen molar-refractivity contribution in [1.29, 1.82) is 0 Å². The third-order valence-electron chi connectivity index (χ3n) is 5.50. The van der Waals surface area contributed by atoms with Crippen molar-refractivity contribution in [2.45, 2.75) is 4.90 Å². The van der Waals surface area contributed by atoms with Crippen LogP contribution in [0.4, 0.5) is 11.4 Å². The van der Waals surface area contributed by atoms with E-state index in [0.29, 0.717) is 28.4 Å². The van der Waals surface area contributed by atoms with Crippen LogP contribution in [0, 0.1) is 0 Å². The number of thioether (sulfide) groups is 1. The minimum atomic E-state index is -0.468. The molecule has 3 amide bonds. The van der Waals surface area contributed by atoms with E-state index in [-0.39, 0.29) is 23.3 Å². The molecule has 1 heterocycles. The maximum atomic E-state index is 13.2. The lowest BCUT2D eigenvalue weighted by Gasteiger charge is -2.12. The van der Waals surface area contributed by atoms with Crippen molar-refractivity contribution in [3.8, 4) is 11.5 Å². The van der Waals surface area contributed by atoms with Gasteiger partial charge in [-0.25, -0.2) is 0 Å². The summed E-state index contributed by atoms with van der Waals surface area (Å²) < 4.78 is 10.5. The van der Waals surface area contributed by atoms with Gasteiger partial charge in [0.2, 0.25) is 5.91 Å². The number of thiophene rings is 1. The van der Waals surface area contributed by atoms with Gasteiger partial charge < -0.3 is 25.4 Å². The molecule has 0 spiro atoms. The summed E-state index contributed by atoms with van der Waals surface area (Å²) in [5.41, 5.74) is 1.62. The zero-order valence-corrected chi connectivity index (χ0v) is 23.4. The molecule has 0 atom stereocenters. The second kappa shape index (κ2) is 14.0. The highest BCUT2D eigenvalue weighted by Gasteiger charge is 2.16. The Morgan fingerprint density at radius 1 is 0.875 bits per heavy atom. The number of anilines is 2. The van der Waals surface area contributed by atoms with Gasteiger partial charge in [0.15, 0.2) is 0 Å². The first-order valence-corrected chi connectivity index (χ1v) is 14.0. The fourth-order valence-corrected chi connectivity index (χ4v) is 4.97. The maximum Gasteiger partial charge on any atom is 0.272 e. The first-order chi connectivity index (χ1) is 19.4. The predicted octanol–water partition coefficient (Wildman–Crippen LogP) is 5.91. The van der Waals surface area contributed by atoms with E-state index in [1.165, 1.54) is 30.2 Å². The lowest BCUT2D eigenvalue weighted by atomic mass is 10.2. The van der Waals surface area contributed by atoms with E-state index >= 15 is 0 Å². The average Bonchev–Trinajstić information content (AvgIpc) is 3.50. The van der Waals surface area contributed by atoms with Gasteiger partial charge in [0.05, 0.1) is 25.7 Å². The van der Waals surface area contributed by atoms with E-state index in [4.69, 9.17) is 9.47 Å². The zero-order chi connectivity index (χ0) is 28.3. The molecule has 0 bridgehead atoms. The molecule has 8 nitrogen and oxygen atoms in total. The highest BCUT2D eigenvalue weighted by molar-refractivity contribution is 8.00. The van der Waals surface area contributed by atoms with Gasteiger partial charge in [0, 0.05) is 27.1 Å². The number of nitrogens with one attached hydrogen (secondary N) is 3. The summed E-state index contributed by atoms with van der Waals surface area (Å²) in [5.74, 6) is 0.187. The lowest BCUT2D eigenvalue weighted by molar-refractivity contribution is -0.114. The molecule has 0 aliphatic rings. The van der Waals surface area contributed by atoms with Crippen LogP contribution in [-0.4, -0.2) is 37.7 Å². The van der Waals surface area contributed by atoms with Gasteiger partial charge in [0.1, 0.15) is 17.2 Å². The first kappa shape index (κ1) is 28.5. The van der Waals surface area contributed by atoms with Gasteiger partial charge >= 0.3 is 0 Å². The van der Waals surface area contributed by atoms with E-state index < -0.39 is 5.91 Å². The summed E-state index contributed by atoms with van der Waals surface area (Å²) in [6, 6.07) is 24.7. The molecule has 0 saturated carbocycles. The smallest absolute Gasteiger partial charge is 0.272 e. The standard InChI is InChI=1S/C30H27N3O5S2/c1-37-22-13-14-25(27(17-22)38-2)32-28(34)19-40-23-11-6-10-21(16-23)31-30(36)26(18-24-12-7-15-39-24)33-29(35)20-8-4-3-5-9-20/h3-18H,19H2,1-2H3,(H,31,36)(H,32,34)(H,33,35)/b26-18-. The number of rotatable bonds is 11. The van der Waals surface area contributed by atoms with Crippen LogP contribution in [0.25, 0.3) is 6.08 Å². The van der Waals surface area contributed by atoms with Crippen molar-refractivity contribution in [2.24, 2.45) is 0 Å². The Bertz CT molecular complexity index is 1510. The normalized spacial score (nSPS) is 10.9. The molecule has 204 valence electrons. The van der Waals surface area contributed by atoms with E-state index in [1.807, 2.05) is 29.6 Å². The summed E-state index contributed by atoms with van der Waals surface area (Å²) in [6.45, 7) is 0. The molecule has 0 fully saturated rings. The average molecular weight is 574 g/mol. The quantitative estimate of drug-likeness (QED) is 0.152. The van der Waals surface area contributed by atoms with Gasteiger partial charge in [-0.3, -0.25) is 14.4 Å². The van der Waals surface area contributed by atoms with Crippen LogP contribution in [0.2, 0.25) is 0 Å². The predicted molar refractivity (Wildman–Crippen MR) is 160 cm³/mol. The second-order valence-electron chi connectivity index (χ2n) is 8.28. The Kier molecular flexibility index (Phi) is 9.98. The molecular weight excluding hydrogens is 546 g/mol. The van der Waals surface area contributed by atoms with Gasteiger partial charge in [-0.05, 0) is 60.0 Å². The molecule has 3 N–H and O–H groups in total. The Balaban J connectivity index is 1.40. The number of hydrogen-bond donors (Lipinski definition) is 3. The molecule has 3 aromatic carbocycles. The van der Waals surface area contributed by atoms with Crippen molar-refractivity contribution in [3.05, 3.63) is 106 Å². The summed E-state index contributed by atoms with van der Waals surface area (Å²) in [7, 11) is 3.08. The molecule has 1 aromatic heterocycles. The largest absolute Gasteiger partial charge is 0.497 e. The van der Waals surface area contributed by atoms with Gasteiger partial charge in [-0.2, -0.15) is 0 Å². The number of ether oxygens (including phenoxy) is 2. The summed E-state index contributed by atoms with van der Waals surface area (Å²) in [5, 5.41) is 10.3. The van der Waals surface area contributed by atoms with Crippen molar-refractivity contribution in [1.82, 2.24) is 5.32 Å². The summed E-state index contributed by atoms with van der Waals surface area (Å²) >= 11 is 2.77. The van der Waals surface area contributed by atoms with Crippen molar-refractivity contribution < 1.29 is 23.9 Å². The molecule has 0 aliphatic heterocycles. The number of methoxy groups -OCH3 is 2. The van der Waals surface area contributed by atoms with Crippen LogP contribution >= 0.6 is 23.1 Å². The molecule has 0 aliphatic carbocycles. The minimum absolute atomic E-state index is 0.113. The highest BCUT2D eigenvalue weighted by atomic mass is 32.2. The van der Waals surface area contributed by atoms with Crippen LogP contribution in [0.3, 0.4) is 0 Å². The van der Waals surface area contributed by atoms with E-state index in [2.05, 4.69) is 16.0 Å². The topological polar surface area (TPSA) is 106 Å². The Hall–Kier alpha value is -4.54. The third kappa shape index (κ3) is 7.98. The van der Waals surface area contributed by atoms with Crippen LogP contribution in [0.5, 0.6) is 11.5 Å². The summed E-state index contributed by atoms with van der Waals surface area (Å²) in [4.78, 5) is 40.2. The second-order valence-corrected chi connectivity index (χ2v) is 10.3. The number of amides is 3. The van der Waals surface area contributed by atoms with Crippen LogP contribution < -0.4 is 25.4 Å². The molecule has 4 aromatic rings. The van der Waals surface area contributed by atoms with E-state index in [1.54, 1.807) is 73.8 Å². The third-order valence-corrected chi connectivity index (χ3v) is 7.32. The van der Waals surface area contributed by atoms with E-state index in [9.17, 15) is 14.4 Å². The highest BCUT2D eigenvalue weighted by Crippen LogP contribution is 2.29. The first-order valence-electron chi connectivity index (χ1n) is 12.1. The summed E-state index contributed by atoms with van der Waals surface area (Å²) in [6.07, 6.45) is 1.64. The molecular formula is C30H27N3O5S2. The zero-order valence-electron chi connectivity index (χ0n) is 21.8. The molecule has 0 radical (unpaired) electrons. The van der Waals surface area contributed by atoms with Crippen molar-refractivity contribution in [3.63, 3.8) is 0 Å². The molecule has 4 rings (SSSR count). The number of hydrogen-bond acceptors (Lipinski definition) is 7. The molecule has 40 heavy (non-hydrogen) atoms. The number of benzene rings is 3. The Morgan fingerprint density at radius 2 is 1.70 bits per heavy atom. The fourth-order valence-electron chi connectivity index (χ4n) is 3.56. The maximum absolute atomic E-state index is 13.2.